The third-order valence-corrected chi connectivity index (χ3v) is 6.35. The molecule has 0 radical (unpaired) electrons. The molecular formula is C29H39N5O7. The molecule has 12 heteroatoms. The fraction of sp³-hybridized carbons (Fsp3) is 0.483. The number of carbonyl (C=O) groups is 1. The van der Waals surface area contributed by atoms with Gasteiger partial charge in [0.2, 0.25) is 5.95 Å². The molecule has 0 spiro atoms. The number of amides is 1. The van der Waals surface area contributed by atoms with Gasteiger partial charge in [-0.2, -0.15) is 4.98 Å². The number of para-hydroxylation sites is 1. The highest BCUT2D eigenvalue weighted by molar-refractivity contribution is 5.95. The van der Waals surface area contributed by atoms with Crippen LogP contribution in [0.25, 0.3) is 10.9 Å². The lowest BCUT2D eigenvalue weighted by molar-refractivity contribution is -0.0207. The molecule has 1 aliphatic rings. The molecule has 0 aliphatic carbocycles. The molecule has 0 bridgehead atoms. The summed E-state index contributed by atoms with van der Waals surface area (Å²) in [7, 11) is 3.19. The van der Waals surface area contributed by atoms with E-state index >= 15 is 0 Å². The van der Waals surface area contributed by atoms with Gasteiger partial charge in [0.1, 0.15) is 5.82 Å². The van der Waals surface area contributed by atoms with Gasteiger partial charge in [0.15, 0.2) is 25.1 Å². The SMILES string of the molecule is COCCOCOc1ccc(C(=O)NCCNc2nc(N3CCCC3)c3ccccc3n2)cc1OCOCCOC. The Labute approximate surface area is 240 Å². The molecule has 2 aromatic carbocycles. The third kappa shape index (κ3) is 9.15. The lowest BCUT2D eigenvalue weighted by atomic mass is 10.2. The van der Waals surface area contributed by atoms with E-state index in [2.05, 4.69) is 26.6 Å². The fourth-order valence-corrected chi connectivity index (χ4v) is 4.26. The van der Waals surface area contributed by atoms with E-state index in [1.807, 2.05) is 18.2 Å². The van der Waals surface area contributed by atoms with E-state index in [1.54, 1.807) is 32.4 Å². The molecule has 1 amide bonds. The molecule has 12 nitrogen and oxygen atoms in total. The van der Waals surface area contributed by atoms with Gasteiger partial charge in [0.25, 0.3) is 5.91 Å². The van der Waals surface area contributed by atoms with Crippen LogP contribution in [0.2, 0.25) is 0 Å². The predicted molar refractivity (Wildman–Crippen MR) is 155 cm³/mol. The number of aromatic nitrogens is 2. The van der Waals surface area contributed by atoms with Gasteiger partial charge in [-0.15, -0.1) is 0 Å². The largest absolute Gasteiger partial charge is 0.464 e. The first-order valence-electron chi connectivity index (χ1n) is 13.8. The van der Waals surface area contributed by atoms with E-state index < -0.39 is 0 Å². The first-order chi connectivity index (χ1) is 20.2. The van der Waals surface area contributed by atoms with Gasteiger partial charge in [-0.05, 0) is 43.2 Å². The van der Waals surface area contributed by atoms with Crippen LogP contribution in [0, 0.1) is 0 Å². The predicted octanol–water partition coefficient (Wildman–Crippen LogP) is 3.07. The van der Waals surface area contributed by atoms with E-state index in [0.29, 0.717) is 62.5 Å². The Morgan fingerprint density at radius 1 is 0.854 bits per heavy atom. The molecule has 3 aromatic rings. The summed E-state index contributed by atoms with van der Waals surface area (Å²) in [4.78, 5) is 24.7. The van der Waals surface area contributed by atoms with E-state index in [0.717, 1.165) is 42.7 Å². The molecule has 222 valence electrons. The van der Waals surface area contributed by atoms with Gasteiger partial charge in [-0.1, -0.05) is 12.1 Å². The summed E-state index contributed by atoms with van der Waals surface area (Å²) >= 11 is 0. The highest BCUT2D eigenvalue weighted by Gasteiger charge is 2.18. The first kappa shape index (κ1) is 30.3. The second kappa shape index (κ2) is 16.5. The number of rotatable bonds is 18. The number of carbonyl (C=O) groups excluding carboxylic acids is 1. The molecule has 2 N–H and O–H groups in total. The standard InChI is InChI=1S/C29H39N5O7/c1-36-15-17-38-20-40-25-10-9-22(19-26(25)41-21-39-18-16-37-2)28(35)30-11-12-31-29-32-24-8-4-3-7-23(24)27(33-29)34-13-5-6-14-34/h3-4,7-10,19H,5-6,11-18,20-21H2,1-2H3,(H,30,35)(H,31,32,33). The van der Waals surface area contributed by atoms with Crippen LogP contribution >= 0.6 is 0 Å². The fourth-order valence-electron chi connectivity index (χ4n) is 4.26. The van der Waals surface area contributed by atoms with E-state index in [1.165, 1.54) is 0 Å². The average molecular weight is 570 g/mol. The molecule has 2 heterocycles. The second-order valence-corrected chi connectivity index (χ2v) is 9.25. The summed E-state index contributed by atoms with van der Waals surface area (Å²) in [6.07, 6.45) is 2.33. The van der Waals surface area contributed by atoms with Crippen LogP contribution < -0.4 is 25.0 Å². The Kier molecular flexibility index (Phi) is 12.2. The van der Waals surface area contributed by atoms with Crippen molar-refractivity contribution in [3.63, 3.8) is 0 Å². The van der Waals surface area contributed by atoms with Crippen LogP contribution in [0.1, 0.15) is 23.2 Å². The van der Waals surface area contributed by atoms with Gasteiger partial charge in [0, 0.05) is 51.3 Å². The van der Waals surface area contributed by atoms with Crippen LogP contribution in [0.5, 0.6) is 11.5 Å². The van der Waals surface area contributed by atoms with Gasteiger partial charge < -0.3 is 44.0 Å². The summed E-state index contributed by atoms with van der Waals surface area (Å²) in [5, 5.41) is 7.22. The molecular weight excluding hydrogens is 530 g/mol. The van der Waals surface area contributed by atoms with Crippen molar-refractivity contribution >= 4 is 28.6 Å². The van der Waals surface area contributed by atoms with Gasteiger partial charge in [0.05, 0.1) is 31.9 Å². The van der Waals surface area contributed by atoms with Crippen molar-refractivity contribution in [2.45, 2.75) is 12.8 Å². The van der Waals surface area contributed by atoms with E-state index in [4.69, 9.17) is 33.4 Å². The summed E-state index contributed by atoms with van der Waals surface area (Å²) in [6.45, 7) is 4.48. The zero-order chi connectivity index (χ0) is 28.7. The zero-order valence-electron chi connectivity index (χ0n) is 23.7. The lowest BCUT2D eigenvalue weighted by Gasteiger charge is -2.19. The molecule has 0 saturated carbocycles. The number of ether oxygens (including phenoxy) is 6. The zero-order valence-corrected chi connectivity index (χ0v) is 23.7. The Morgan fingerprint density at radius 3 is 2.29 bits per heavy atom. The number of nitrogens with zero attached hydrogens (tertiary/aromatic N) is 3. The first-order valence-corrected chi connectivity index (χ1v) is 13.8. The van der Waals surface area contributed by atoms with Crippen LogP contribution in [0.3, 0.4) is 0 Å². The maximum absolute atomic E-state index is 12.9. The van der Waals surface area contributed by atoms with Crippen molar-refractivity contribution in [1.82, 2.24) is 15.3 Å². The Morgan fingerprint density at radius 2 is 1.56 bits per heavy atom. The minimum absolute atomic E-state index is 0.0117. The van der Waals surface area contributed by atoms with E-state index in [9.17, 15) is 4.79 Å². The highest BCUT2D eigenvalue weighted by atomic mass is 16.7. The van der Waals surface area contributed by atoms with E-state index in [-0.39, 0.29) is 19.5 Å². The minimum Gasteiger partial charge on any atom is -0.464 e. The van der Waals surface area contributed by atoms with Gasteiger partial charge >= 0.3 is 0 Å². The number of anilines is 2. The average Bonchev–Trinajstić information content (AvgIpc) is 3.54. The summed E-state index contributed by atoms with van der Waals surface area (Å²) < 4.78 is 32.1. The van der Waals surface area contributed by atoms with Crippen molar-refractivity contribution in [3.05, 3.63) is 48.0 Å². The van der Waals surface area contributed by atoms with Crippen LogP contribution in [-0.2, 0) is 18.9 Å². The van der Waals surface area contributed by atoms with Crippen molar-refractivity contribution in [3.8, 4) is 11.5 Å². The smallest absolute Gasteiger partial charge is 0.251 e. The maximum atomic E-state index is 12.9. The molecule has 1 fully saturated rings. The molecule has 41 heavy (non-hydrogen) atoms. The molecule has 1 aliphatic heterocycles. The van der Waals surface area contributed by atoms with Gasteiger partial charge in [-0.25, -0.2) is 4.98 Å². The quantitative estimate of drug-likeness (QED) is 0.173. The van der Waals surface area contributed by atoms with Crippen LogP contribution in [0.4, 0.5) is 11.8 Å². The summed E-state index contributed by atoms with van der Waals surface area (Å²) in [6, 6.07) is 13.0. The molecule has 1 aromatic heterocycles. The number of fused-ring (bicyclic) bond motifs is 1. The Hall–Kier alpha value is -3.71. The number of nitrogens with one attached hydrogen (secondary N) is 2. The van der Waals surface area contributed by atoms with Crippen molar-refractivity contribution < 1.29 is 33.2 Å². The topological polar surface area (TPSA) is 126 Å². The minimum atomic E-state index is -0.253. The normalized spacial score (nSPS) is 13.0. The monoisotopic (exact) mass is 569 g/mol. The number of benzene rings is 2. The van der Waals surface area contributed by atoms with Crippen LogP contribution in [0.15, 0.2) is 42.5 Å². The Balaban J connectivity index is 1.32. The Bertz CT molecular complexity index is 1240. The maximum Gasteiger partial charge on any atom is 0.251 e. The second-order valence-electron chi connectivity index (χ2n) is 9.25. The highest BCUT2D eigenvalue weighted by Crippen LogP contribution is 2.29. The number of hydrogen-bond donors (Lipinski definition) is 2. The molecule has 0 atom stereocenters. The van der Waals surface area contributed by atoms with Crippen molar-refractivity contribution in [2.24, 2.45) is 0 Å². The summed E-state index contributed by atoms with van der Waals surface area (Å²) in [5.41, 5.74) is 1.31. The van der Waals surface area contributed by atoms with Crippen molar-refractivity contribution in [1.29, 1.82) is 0 Å². The lowest BCUT2D eigenvalue weighted by Crippen LogP contribution is -2.29. The molecule has 4 rings (SSSR count). The van der Waals surface area contributed by atoms with Crippen LogP contribution in [-0.4, -0.2) is 96.3 Å². The molecule has 0 unspecified atom stereocenters. The van der Waals surface area contributed by atoms with Crippen molar-refractivity contribution in [2.75, 3.05) is 90.6 Å². The summed E-state index contributed by atoms with van der Waals surface area (Å²) in [5.74, 6) is 2.03. The third-order valence-electron chi connectivity index (χ3n) is 6.35. The molecule has 1 saturated heterocycles. The number of methoxy groups -OCH3 is 2. The van der Waals surface area contributed by atoms with Gasteiger partial charge in [-0.3, -0.25) is 4.79 Å². The number of hydrogen-bond acceptors (Lipinski definition) is 11.